The number of alkyl halides is 3. The molecule has 8 nitrogen and oxygen atoms in total. The molecule has 0 aliphatic carbocycles. The van der Waals surface area contributed by atoms with E-state index >= 15 is 0 Å². The van der Waals surface area contributed by atoms with Gasteiger partial charge in [0.2, 0.25) is 10.0 Å². The summed E-state index contributed by atoms with van der Waals surface area (Å²) in [6.07, 6.45) is -2.53. The van der Waals surface area contributed by atoms with Crippen LogP contribution in [0.4, 0.5) is 24.8 Å². The molecule has 0 unspecified atom stereocenters. The molecule has 0 radical (unpaired) electrons. The first-order valence-corrected chi connectivity index (χ1v) is 11.4. The third-order valence-electron chi connectivity index (χ3n) is 5.32. The van der Waals surface area contributed by atoms with Crippen LogP contribution in [0.5, 0.6) is 5.75 Å². The van der Waals surface area contributed by atoms with Gasteiger partial charge in [-0.05, 0) is 49.2 Å². The Morgan fingerprint density at radius 3 is 1.77 bits per heavy atom. The minimum atomic E-state index is -4.83. The summed E-state index contributed by atoms with van der Waals surface area (Å²) in [6.45, 7) is 3.30. The SMILES string of the molecule is O=S(=O)(c1ccc(OC(F)(F)F)cc1)N1CCN(c2ccc(N3CCCC3)nn2)CC1. The Morgan fingerprint density at radius 1 is 0.774 bits per heavy atom. The van der Waals surface area contributed by atoms with E-state index in [9.17, 15) is 21.6 Å². The molecule has 0 spiro atoms. The van der Waals surface area contributed by atoms with Gasteiger partial charge in [-0.1, -0.05) is 0 Å². The fourth-order valence-corrected chi connectivity index (χ4v) is 5.14. The molecular weight excluding hydrogens is 435 g/mol. The Morgan fingerprint density at radius 2 is 1.29 bits per heavy atom. The van der Waals surface area contributed by atoms with Crippen LogP contribution in [0.15, 0.2) is 41.3 Å². The Bertz CT molecular complexity index is 986. The Hall–Kier alpha value is -2.60. The molecular formula is C19H22F3N5O3S. The Kier molecular flexibility index (Phi) is 5.93. The van der Waals surface area contributed by atoms with E-state index in [1.54, 1.807) is 0 Å². The van der Waals surface area contributed by atoms with Gasteiger partial charge in [0.15, 0.2) is 11.6 Å². The smallest absolute Gasteiger partial charge is 0.406 e. The van der Waals surface area contributed by atoms with Crippen LogP contribution in [-0.2, 0) is 10.0 Å². The molecule has 0 atom stereocenters. The summed E-state index contributed by atoms with van der Waals surface area (Å²) < 4.78 is 67.6. The van der Waals surface area contributed by atoms with E-state index in [0.717, 1.165) is 56.0 Å². The average molecular weight is 457 g/mol. The zero-order chi connectivity index (χ0) is 22.1. The maximum Gasteiger partial charge on any atom is 0.573 e. The van der Waals surface area contributed by atoms with Crippen molar-refractivity contribution in [1.29, 1.82) is 0 Å². The number of aromatic nitrogens is 2. The van der Waals surface area contributed by atoms with Crippen LogP contribution < -0.4 is 14.5 Å². The number of piperazine rings is 1. The lowest BCUT2D eigenvalue weighted by molar-refractivity contribution is -0.274. The van der Waals surface area contributed by atoms with Gasteiger partial charge in [-0.2, -0.15) is 4.31 Å². The second-order valence-electron chi connectivity index (χ2n) is 7.35. The number of anilines is 2. The highest BCUT2D eigenvalue weighted by atomic mass is 32.2. The van der Waals surface area contributed by atoms with Crippen molar-refractivity contribution in [3.8, 4) is 5.75 Å². The number of hydrogen-bond acceptors (Lipinski definition) is 7. The lowest BCUT2D eigenvalue weighted by Crippen LogP contribution is -2.49. The quantitative estimate of drug-likeness (QED) is 0.683. The van der Waals surface area contributed by atoms with E-state index in [0.29, 0.717) is 18.9 Å². The lowest BCUT2D eigenvalue weighted by atomic mass is 10.3. The van der Waals surface area contributed by atoms with Crippen LogP contribution >= 0.6 is 0 Å². The molecule has 1 aromatic heterocycles. The molecule has 0 N–H and O–H groups in total. The van der Waals surface area contributed by atoms with Crippen LogP contribution in [0.25, 0.3) is 0 Å². The van der Waals surface area contributed by atoms with Gasteiger partial charge in [0, 0.05) is 39.3 Å². The van der Waals surface area contributed by atoms with Crippen molar-refractivity contribution in [2.75, 3.05) is 49.1 Å². The Labute approximate surface area is 178 Å². The first-order chi connectivity index (χ1) is 14.7. The van der Waals surface area contributed by atoms with Crippen molar-refractivity contribution in [2.45, 2.75) is 24.1 Å². The van der Waals surface area contributed by atoms with Gasteiger partial charge in [-0.15, -0.1) is 23.4 Å². The van der Waals surface area contributed by atoms with E-state index < -0.39 is 22.1 Å². The summed E-state index contributed by atoms with van der Waals surface area (Å²) >= 11 is 0. The van der Waals surface area contributed by atoms with Crippen LogP contribution in [0.3, 0.4) is 0 Å². The first-order valence-electron chi connectivity index (χ1n) is 9.92. The molecule has 1 aromatic carbocycles. The molecule has 2 saturated heterocycles. The van der Waals surface area contributed by atoms with Gasteiger partial charge in [-0.3, -0.25) is 0 Å². The summed E-state index contributed by atoms with van der Waals surface area (Å²) in [5.41, 5.74) is 0. The predicted molar refractivity (Wildman–Crippen MR) is 108 cm³/mol. The molecule has 2 aliphatic heterocycles. The number of halogens is 3. The summed E-state index contributed by atoms with van der Waals surface area (Å²) in [4.78, 5) is 4.07. The van der Waals surface area contributed by atoms with Crippen LogP contribution in [0.2, 0.25) is 0 Å². The summed E-state index contributed by atoms with van der Waals surface area (Å²) in [6, 6.07) is 8.05. The van der Waals surface area contributed by atoms with Crippen molar-refractivity contribution in [1.82, 2.24) is 14.5 Å². The first kappa shape index (κ1) is 21.6. The minimum absolute atomic E-state index is 0.0785. The monoisotopic (exact) mass is 457 g/mol. The molecule has 2 aromatic rings. The van der Waals surface area contributed by atoms with Crippen molar-refractivity contribution in [2.24, 2.45) is 0 Å². The molecule has 0 saturated carbocycles. The van der Waals surface area contributed by atoms with E-state index in [1.807, 2.05) is 17.0 Å². The second kappa shape index (κ2) is 8.50. The van der Waals surface area contributed by atoms with E-state index in [4.69, 9.17) is 0 Å². The molecule has 31 heavy (non-hydrogen) atoms. The fraction of sp³-hybridized carbons (Fsp3) is 0.474. The van der Waals surface area contributed by atoms with E-state index in [1.165, 1.54) is 4.31 Å². The van der Waals surface area contributed by atoms with Crippen LogP contribution in [0, 0.1) is 0 Å². The highest BCUT2D eigenvalue weighted by Crippen LogP contribution is 2.26. The minimum Gasteiger partial charge on any atom is -0.406 e. The van der Waals surface area contributed by atoms with Gasteiger partial charge >= 0.3 is 6.36 Å². The van der Waals surface area contributed by atoms with Crippen molar-refractivity contribution in [3.05, 3.63) is 36.4 Å². The summed E-state index contributed by atoms with van der Waals surface area (Å²) in [7, 11) is -3.82. The lowest BCUT2D eigenvalue weighted by Gasteiger charge is -2.34. The van der Waals surface area contributed by atoms with Gasteiger partial charge in [0.25, 0.3) is 0 Å². The topological polar surface area (TPSA) is 78.9 Å². The number of sulfonamides is 1. The standard InChI is InChI=1S/C19H22F3N5O3S/c20-19(21,22)30-15-3-5-16(6-4-15)31(28,29)27-13-11-26(12-14-27)18-8-7-17(23-24-18)25-9-1-2-10-25/h3-8H,1-2,9-14H2. The van der Waals surface area contributed by atoms with Gasteiger partial charge < -0.3 is 14.5 Å². The summed E-state index contributed by atoms with van der Waals surface area (Å²) in [5.74, 6) is 1.07. The molecule has 2 aliphatic rings. The van der Waals surface area contributed by atoms with Gasteiger partial charge in [0.1, 0.15) is 5.75 Å². The third-order valence-corrected chi connectivity index (χ3v) is 7.24. The largest absolute Gasteiger partial charge is 0.573 e. The number of hydrogen-bond donors (Lipinski definition) is 0. The fourth-order valence-electron chi connectivity index (χ4n) is 3.72. The number of nitrogens with zero attached hydrogens (tertiary/aromatic N) is 5. The molecule has 168 valence electrons. The highest BCUT2D eigenvalue weighted by molar-refractivity contribution is 7.89. The van der Waals surface area contributed by atoms with Crippen molar-refractivity contribution >= 4 is 21.7 Å². The molecule has 0 amide bonds. The number of rotatable bonds is 5. The van der Waals surface area contributed by atoms with Gasteiger partial charge in [0.05, 0.1) is 4.90 Å². The van der Waals surface area contributed by atoms with Crippen molar-refractivity contribution in [3.63, 3.8) is 0 Å². The molecule has 0 bridgehead atoms. The zero-order valence-corrected chi connectivity index (χ0v) is 17.4. The van der Waals surface area contributed by atoms with Crippen LogP contribution in [-0.4, -0.2) is 68.6 Å². The maximum absolute atomic E-state index is 12.8. The number of ether oxygens (including phenoxy) is 1. The normalized spacial score (nSPS) is 18.4. The van der Waals surface area contributed by atoms with E-state index in [2.05, 4.69) is 19.8 Å². The maximum atomic E-state index is 12.8. The van der Waals surface area contributed by atoms with Crippen LogP contribution in [0.1, 0.15) is 12.8 Å². The molecule has 3 heterocycles. The Balaban J connectivity index is 1.37. The van der Waals surface area contributed by atoms with E-state index in [-0.39, 0.29) is 18.0 Å². The average Bonchev–Trinajstić information content (AvgIpc) is 3.28. The summed E-state index contributed by atoms with van der Waals surface area (Å²) in [5, 5.41) is 8.59. The third kappa shape index (κ3) is 5.01. The molecule has 12 heteroatoms. The van der Waals surface area contributed by atoms with Crippen molar-refractivity contribution < 1.29 is 26.3 Å². The zero-order valence-electron chi connectivity index (χ0n) is 16.6. The molecule has 4 rings (SSSR count). The van der Waals surface area contributed by atoms with Gasteiger partial charge in [-0.25, -0.2) is 8.42 Å². The predicted octanol–water partition coefficient (Wildman–Crippen LogP) is 2.49. The second-order valence-corrected chi connectivity index (χ2v) is 9.29. The number of benzene rings is 1. The molecule has 2 fully saturated rings. The highest BCUT2D eigenvalue weighted by Gasteiger charge is 2.32.